The van der Waals surface area contributed by atoms with E-state index >= 15 is 0 Å². The third-order valence-corrected chi connectivity index (χ3v) is 1.87. The minimum Gasteiger partial charge on any atom is -0.464 e. The van der Waals surface area contributed by atoms with Crippen LogP contribution in [0, 0.1) is 0 Å². The summed E-state index contributed by atoms with van der Waals surface area (Å²) in [5, 5.41) is 2.51. The van der Waals surface area contributed by atoms with Crippen LogP contribution in [0.2, 0.25) is 0 Å². The van der Waals surface area contributed by atoms with Crippen LogP contribution in [0.5, 0.6) is 0 Å². The first-order valence-electron chi connectivity index (χ1n) is 6.07. The Hall–Kier alpha value is -1.52. The highest BCUT2D eigenvalue weighted by molar-refractivity contribution is 5.81. The lowest BCUT2D eigenvalue weighted by Gasteiger charge is -2.22. The fourth-order valence-electron chi connectivity index (χ4n) is 1.18. The van der Waals surface area contributed by atoms with Crippen LogP contribution in [0.25, 0.3) is 0 Å². The van der Waals surface area contributed by atoms with Gasteiger partial charge in [0.05, 0.1) is 6.61 Å². The molecule has 1 unspecified atom stereocenters. The van der Waals surface area contributed by atoms with Crippen molar-refractivity contribution in [2.75, 3.05) is 6.61 Å². The average Bonchev–Trinajstić information content (AvgIpc) is 2.21. The molecule has 0 aromatic rings. The monoisotopic (exact) mass is 257 g/mol. The van der Waals surface area contributed by atoms with Gasteiger partial charge in [-0.05, 0) is 41.0 Å². The number of amides is 1. The molecule has 0 saturated heterocycles. The van der Waals surface area contributed by atoms with Crippen LogP contribution in [0.3, 0.4) is 0 Å². The molecule has 104 valence electrons. The van der Waals surface area contributed by atoms with Gasteiger partial charge in [-0.1, -0.05) is 12.2 Å². The molecule has 5 nitrogen and oxygen atoms in total. The van der Waals surface area contributed by atoms with Crippen LogP contribution in [-0.2, 0) is 14.3 Å². The molecule has 1 N–H and O–H groups in total. The van der Waals surface area contributed by atoms with Gasteiger partial charge in [-0.2, -0.15) is 0 Å². The highest BCUT2D eigenvalue weighted by Gasteiger charge is 2.24. The maximum atomic E-state index is 11.6. The van der Waals surface area contributed by atoms with Gasteiger partial charge in [-0.25, -0.2) is 9.59 Å². The number of hydrogen-bond acceptors (Lipinski definition) is 4. The van der Waals surface area contributed by atoms with E-state index in [0.717, 1.165) is 0 Å². The van der Waals surface area contributed by atoms with Crippen LogP contribution in [-0.4, -0.2) is 30.3 Å². The quantitative estimate of drug-likeness (QED) is 0.606. The van der Waals surface area contributed by atoms with Crippen molar-refractivity contribution in [3.05, 3.63) is 12.2 Å². The van der Waals surface area contributed by atoms with E-state index in [1.807, 2.05) is 13.0 Å². The first kappa shape index (κ1) is 16.5. The van der Waals surface area contributed by atoms with E-state index < -0.39 is 23.7 Å². The molecule has 0 spiro atoms. The SMILES string of the molecule is C/C=C\CC(NC(=O)OC(C)(C)C)C(=O)OCC. The number of esters is 1. The van der Waals surface area contributed by atoms with E-state index in [0.29, 0.717) is 6.42 Å². The Bertz CT molecular complexity index is 305. The van der Waals surface area contributed by atoms with E-state index in [-0.39, 0.29) is 6.61 Å². The molecule has 0 aromatic heterocycles. The van der Waals surface area contributed by atoms with Crippen molar-refractivity contribution in [1.29, 1.82) is 0 Å². The molecule has 5 heteroatoms. The van der Waals surface area contributed by atoms with Crippen molar-refractivity contribution in [3.63, 3.8) is 0 Å². The largest absolute Gasteiger partial charge is 0.464 e. The molecule has 0 aliphatic carbocycles. The summed E-state index contributed by atoms with van der Waals surface area (Å²) in [6.45, 7) is 9.13. The van der Waals surface area contributed by atoms with Crippen molar-refractivity contribution < 1.29 is 19.1 Å². The molecule has 0 radical (unpaired) electrons. The average molecular weight is 257 g/mol. The Labute approximate surface area is 109 Å². The Morgan fingerprint density at radius 1 is 1.33 bits per heavy atom. The lowest BCUT2D eigenvalue weighted by atomic mass is 10.2. The number of alkyl carbamates (subject to hydrolysis) is 1. The van der Waals surface area contributed by atoms with Gasteiger partial charge in [0.1, 0.15) is 11.6 Å². The van der Waals surface area contributed by atoms with Gasteiger partial charge in [0.2, 0.25) is 0 Å². The first-order chi connectivity index (χ1) is 8.30. The summed E-state index contributed by atoms with van der Waals surface area (Å²) in [4.78, 5) is 23.2. The third-order valence-electron chi connectivity index (χ3n) is 1.87. The van der Waals surface area contributed by atoms with Gasteiger partial charge in [-0.3, -0.25) is 0 Å². The molecule has 0 rings (SSSR count). The van der Waals surface area contributed by atoms with Crippen LogP contribution >= 0.6 is 0 Å². The smallest absolute Gasteiger partial charge is 0.408 e. The van der Waals surface area contributed by atoms with E-state index in [2.05, 4.69) is 5.32 Å². The van der Waals surface area contributed by atoms with Crippen molar-refractivity contribution in [3.8, 4) is 0 Å². The summed E-state index contributed by atoms with van der Waals surface area (Å²) in [5.74, 6) is -0.457. The van der Waals surface area contributed by atoms with Gasteiger partial charge in [-0.15, -0.1) is 0 Å². The van der Waals surface area contributed by atoms with Crippen LogP contribution in [0.15, 0.2) is 12.2 Å². The number of nitrogens with one attached hydrogen (secondary N) is 1. The van der Waals surface area contributed by atoms with Gasteiger partial charge >= 0.3 is 12.1 Å². The molecule has 0 aromatic carbocycles. The lowest BCUT2D eigenvalue weighted by molar-refractivity contribution is -0.145. The first-order valence-corrected chi connectivity index (χ1v) is 6.07. The number of carbonyl (C=O) groups excluding carboxylic acids is 2. The predicted octanol–water partition coefficient (Wildman–Crippen LogP) is 2.41. The van der Waals surface area contributed by atoms with Gasteiger partial charge in [0.25, 0.3) is 0 Å². The number of allylic oxidation sites excluding steroid dienone is 1. The highest BCUT2D eigenvalue weighted by atomic mass is 16.6. The van der Waals surface area contributed by atoms with Crippen LogP contribution < -0.4 is 5.32 Å². The molecule has 1 atom stereocenters. The molecule has 0 saturated carbocycles. The van der Waals surface area contributed by atoms with Crippen molar-refractivity contribution >= 4 is 12.1 Å². The summed E-state index contributed by atoms with van der Waals surface area (Å²) in [6, 6.07) is -0.712. The number of ether oxygens (including phenoxy) is 2. The number of rotatable bonds is 5. The van der Waals surface area contributed by atoms with Crippen molar-refractivity contribution in [1.82, 2.24) is 5.32 Å². The molecular formula is C13H23NO4. The topological polar surface area (TPSA) is 64.6 Å². The standard InChI is InChI=1S/C13H23NO4/c1-6-8-9-10(11(15)17-7-2)14-12(16)18-13(3,4)5/h6,8,10H,7,9H2,1-5H3,(H,14,16)/b8-6-. The van der Waals surface area contributed by atoms with Crippen molar-refractivity contribution in [2.24, 2.45) is 0 Å². The molecule has 1 amide bonds. The predicted molar refractivity (Wildman–Crippen MR) is 69.2 cm³/mol. The second-order valence-corrected chi connectivity index (χ2v) is 4.76. The second-order valence-electron chi connectivity index (χ2n) is 4.76. The summed E-state index contributed by atoms with van der Waals surface area (Å²) in [7, 11) is 0. The summed E-state index contributed by atoms with van der Waals surface area (Å²) in [6.07, 6.45) is 3.36. The molecule has 18 heavy (non-hydrogen) atoms. The maximum absolute atomic E-state index is 11.6. The minimum absolute atomic E-state index is 0.279. The van der Waals surface area contributed by atoms with Gasteiger partial charge in [0, 0.05) is 0 Å². The Balaban J connectivity index is 4.48. The number of hydrogen-bond donors (Lipinski definition) is 1. The summed E-state index contributed by atoms with van der Waals surface area (Å²) < 4.78 is 9.98. The van der Waals surface area contributed by atoms with Gasteiger partial charge in [0.15, 0.2) is 0 Å². The van der Waals surface area contributed by atoms with E-state index in [9.17, 15) is 9.59 Å². The fraction of sp³-hybridized carbons (Fsp3) is 0.692. The Kier molecular flexibility index (Phi) is 7.08. The van der Waals surface area contributed by atoms with Crippen molar-refractivity contribution in [2.45, 2.75) is 52.7 Å². The third kappa shape index (κ3) is 7.70. The summed E-state index contributed by atoms with van der Waals surface area (Å²) >= 11 is 0. The Morgan fingerprint density at radius 3 is 2.39 bits per heavy atom. The lowest BCUT2D eigenvalue weighted by Crippen LogP contribution is -2.44. The van der Waals surface area contributed by atoms with E-state index in [1.165, 1.54) is 0 Å². The molecule has 0 heterocycles. The second kappa shape index (κ2) is 7.74. The van der Waals surface area contributed by atoms with Gasteiger partial charge < -0.3 is 14.8 Å². The maximum Gasteiger partial charge on any atom is 0.408 e. The molecular weight excluding hydrogens is 234 g/mol. The van der Waals surface area contributed by atoms with Crippen LogP contribution in [0.1, 0.15) is 41.0 Å². The molecule has 0 bridgehead atoms. The molecule has 0 aliphatic rings. The number of carbonyl (C=O) groups is 2. The van der Waals surface area contributed by atoms with E-state index in [1.54, 1.807) is 33.8 Å². The van der Waals surface area contributed by atoms with E-state index in [4.69, 9.17) is 9.47 Å². The van der Waals surface area contributed by atoms with Crippen LogP contribution in [0.4, 0.5) is 4.79 Å². The zero-order chi connectivity index (χ0) is 14.2. The normalized spacial score (nSPS) is 13.2. The molecule has 0 fully saturated rings. The minimum atomic E-state index is -0.712. The highest BCUT2D eigenvalue weighted by Crippen LogP contribution is 2.07. The summed E-state index contributed by atoms with van der Waals surface area (Å²) in [5.41, 5.74) is -0.593. The Morgan fingerprint density at radius 2 is 1.94 bits per heavy atom. The fourth-order valence-corrected chi connectivity index (χ4v) is 1.18. The zero-order valence-corrected chi connectivity index (χ0v) is 11.8. The molecule has 0 aliphatic heterocycles. The zero-order valence-electron chi connectivity index (χ0n) is 11.8.